The van der Waals surface area contributed by atoms with E-state index in [0.717, 1.165) is 24.1 Å². The van der Waals surface area contributed by atoms with Gasteiger partial charge in [0.1, 0.15) is 17.4 Å². The molecule has 1 aliphatic carbocycles. The first-order valence-corrected chi connectivity index (χ1v) is 10.8. The van der Waals surface area contributed by atoms with Crippen molar-refractivity contribution >= 4 is 51.8 Å². The van der Waals surface area contributed by atoms with Crippen molar-refractivity contribution in [3.8, 4) is 0 Å². The minimum atomic E-state index is -0.935. The first kappa shape index (κ1) is 20.3. The molecule has 5 N–H and O–H groups in total. The summed E-state index contributed by atoms with van der Waals surface area (Å²) in [6.45, 7) is 1.42. The molecule has 1 saturated carbocycles. The van der Waals surface area contributed by atoms with E-state index in [4.69, 9.17) is 34.7 Å². The molecule has 2 fully saturated rings. The molecule has 162 valence electrons. The molecular formula is C20H22Cl2N8O. The number of nitrogens with two attached hydrogens (primary N) is 2. The molecule has 2 aromatic heterocycles. The number of carbonyl (C=O) groups is 1. The maximum Gasteiger partial charge on any atom is 0.242 e. The summed E-state index contributed by atoms with van der Waals surface area (Å²) < 4.78 is 1.85. The van der Waals surface area contributed by atoms with E-state index < -0.39 is 5.54 Å². The van der Waals surface area contributed by atoms with Gasteiger partial charge in [0.05, 0.1) is 22.9 Å². The number of hydrogen-bond acceptors (Lipinski definition) is 7. The smallest absolute Gasteiger partial charge is 0.242 e. The lowest BCUT2D eigenvalue weighted by Gasteiger charge is -2.27. The number of imidazole rings is 1. The Bertz CT molecular complexity index is 1180. The van der Waals surface area contributed by atoms with E-state index in [1.807, 2.05) is 10.6 Å². The van der Waals surface area contributed by atoms with Crippen LogP contribution in [0.1, 0.15) is 24.8 Å². The van der Waals surface area contributed by atoms with Crippen molar-refractivity contribution in [2.24, 2.45) is 5.73 Å². The Hall–Kier alpha value is -2.62. The van der Waals surface area contributed by atoms with Gasteiger partial charge in [-0.2, -0.15) is 0 Å². The van der Waals surface area contributed by atoms with Crippen molar-refractivity contribution in [2.75, 3.05) is 23.7 Å². The van der Waals surface area contributed by atoms with Crippen molar-refractivity contribution in [3.63, 3.8) is 0 Å². The normalized spacial score (nSPS) is 21.1. The van der Waals surface area contributed by atoms with Crippen LogP contribution in [0.3, 0.4) is 0 Å². The van der Waals surface area contributed by atoms with E-state index in [2.05, 4.69) is 25.2 Å². The van der Waals surface area contributed by atoms with Gasteiger partial charge >= 0.3 is 0 Å². The van der Waals surface area contributed by atoms with Crippen LogP contribution >= 0.6 is 23.2 Å². The van der Waals surface area contributed by atoms with Crippen molar-refractivity contribution in [3.05, 3.63) is 40.4 Å². The fourth-order valence-electron chi connectivity index (χ4n) is 3.99. The molecule has 1 saturated heterocycles. The fraction of sp³-hybridized carbons (Fsp3) is 0.400. The van der Waals surface area contributed by atoms with Gasteiger partial charge in [-0.25, -0.2) is 15.0 Å². The number of nitrogens with one attached hydrogen (secondary N) is 1. The van der Waals surface area contributed by atoms with Crippen LogP contribution in [0, 0.1) is 0 Å². The maximum atomic E-state index is 12.7. The number of anilines is 2. The molecule has 0 radical (unpaired) electrons. The molecule has 31 heavy (non-hydrogen) atoms. The molecular weight excluding hydrogens is 439 g/mol. The predicted octanol–water partition coefficient (Wildman–Crippen LogP) is 1.95. The first-order valence-electron chi connectivity index (χ1n) is 10.1. The van der Waals surface area contributed by atoms with Gasteiger partial charge in [0.15, 0.2) is 11.5 Å². The summed E-state index contributed by atoms with van der Waals surface area (Å²) in [5.74, 6) is 0.224. The molecule has 5 rings (SSSR count). The summed E-state index contributed by atoms with van der Waals surface area (Å²) in [5, 5.41) is 3.92. The monoisotopic (exact) mass is 460 g/mol. The molecule has 11 heteroatoms. The number of benzene rings is 1. The van der Waals surface area contributed by atoms with Crippen LogP contribution < -0.4 is 21.7 Å². The molecule has 1 atom stereocenters. The average molecular weight is 461 g/mol. The minimum Gasteiger partial charge on any atom is -0.382 e. The lowest BCUT2D eigenvalue weighted by molar-refractivity contribution is -0.125. The number of hydrogen-bond donors (Lipinski definition) is 3. The number of nitrogen functional groups attached to an aromatic ring is 1. The third-order valence-electron chi connectivity index (χ3n) is 5.94. The molecule has 0 unspecified atom stereocenters. The maximum absolute atomic E-state index is 12.7. The van der Waals surface area contributed by atoms with Crippen LogP contribution in [-0.4, -0.2) is 50.1 Å². The first-order chi connectivity index (χ1) is 14.9. The topological polar surface area (TPSA) is 128 Å². The molecule has 0 bridgehead atoms. The van der Waals surface area contributed by atoms with Gasteiger partial charge in [-0.05, 0) is 31.4 Å². The third-order valence-corrected chi connectivity index (χ3v) is 6.78. The van der Waals surface area contributed by atoms with Crippen LogP contribution in [0.15, 0.2) is 24.8 Å². The zero-order chi connectivity index (χ0) is 21.8. The van der Waals surface area contributed by atoms with Crippen LogP contribution in [-0.2, 0) is 11.3 Å². The van der Waals surface area contributed by atoms with Crippen LogP contribution in [0.2, 0.25) is 10.0 Å². The molecule has 1 aliphatic heterocycles. The van der Waals surface area contributed by atoms with Gasteiger partial charge in [0, 0.05) is 30.4 Å². The third kappa shape index (κ3) is 3.66. The number of halogens is 2. The van der Waals surface area contributed by atoms with E-state index in [1.165, 1.54) is 6.33 Å². The highest BCUT2D eigenvalue weighted by atomic mass is 35.5. The lowest BCUT2D eigenvalue weighted by atomic mass is 9.99. The molecule has 1 aromatic carbocycles. The van der Waals surface area contributed by atoms with Gasteiger partial charge in [-0.15, -0.1) is 0 Å². The summed E-state index contributed by atoms with van der Waals surface area (Å²) in [6, 6.07) is 3.94. The van der Waals surface area contributed by atoms with Crippen molar-refractivity contribution in [1.29, 1.82) is 0 Å². The van der Waals surface area contributed by atoms with E-state index in [1.54, 1.807) is 12.4 Å². The molecule has 3 aromatic rings. The Morgan fingerprint density at radius 1 is 1.26 bits per heavy atom. The Morgan fingerprint density at radius 2 is 2.06 bits per heavy atom. The summed E-state index contributed by atoms with van der Waals surface area (Å²) in [6.07, 6.45) is 5.66. The fourth-order valence-corrected chi connectivity index (χ4v) is 4.39. The summed E-state index contributed by atoms with van der Waals surface area (Å²) >= 11 is 13.0. The number of amides is 1. The van der Waals surface area contributed by atoms with Gasteiger partial charge in [0.25, 0.3) is 0 Å². The molecule has 9 nitrogen and oxygen atoms in total. The summed E-state index contributed by atoms with van der Waals surface area (Å²) in [4.78, 5) is 27.4. The SMILES string of the molecule is Nc1ncnc2c1ncn2Cc1c(N2CC[C@](N)(C(=O)NC3CC3)C2)ccc(Cl)c1Cl. The van der Waals surface area contributed by atoms with Crippen molar-refractivity contribution < 1.29 is 4.79 Å². The highest BCUT2D eigenvalue weighted by molar-refractivity contribution is 6.42. The Morgan fingerprint density at radius 3 is 2.84 bits per heavy atom. The number of nitrogens with zero attached hydrogens (tertiary/aromatic N) is 5. The minimum absolute atomic E-state index is 0.0908. The van der Waals surface area contributed by atoms with Crippen molar-refractivity contribution in [1.82, 2.24) is 24.8 Å². The summed E-state index contributed by atoms with van der Waals surface area (Å²) in [5.41, 5.74) is 14.3. The molecule has 0 spiro atoms. The quantitative estimate of drug-likeness (QED) is 0.530. The number of aromatic nitrogens is 4. The van der Waals surface area contributed by atoms with E-state index in [9.17, 15) is 4.79 Å². The highest BCUT2D eigenvalue weighted by Gasteiger charge is 2.43. The van der Waals surface area contributed by atoms with Crippen molar-refractivity contribution in [2.45, 2.75) is 37.4 Å². The molecule has 3 heterocycles. The highest BCUT2D eigenvalue weighted by Crippen LogP contribution is 2.37. The predicted molar refractivity (Wildman–Crippen MR) is 120 cm³/mol. The largest absolute Gasteiger partial charge is 0.382 e. The van der Waals surface area contributed by atoms with Crippen LogP contribution in [0.5, 0.6) is 0 Å². The number of rotatable bonds is 5. The average Bonchev–Trinajstić information content (AvgIpc) is 3.32. The zero-order valence-corrected chi connectivity index (χ0v) is 18.2. The second kappa shape index (κ2) is 7.51. The second-order valence-electron chi connectivity index (χ2n) is 8.24. The lowest BCUT2D eigenvalue weighted by Crippen LogP contribution is -2.56. The Balaban J connectivity index is 1.47. The van der Waals surface area contributed by atoms with E-state index in [-0.39, 0.29) is 11.9 Å². The molecule has 2 aliphatic rings. The van der Waals surface area contributed by atoms with E-state index >= 15 is 0 Å². The van der Waals surface area contributed by atoms with Gasteiger partial charge in [0.2, 0.25) is 5.91 Å². The Labute approximate surface area is 188 Å². The summed E-state index contributed by atoms with van der Waals surface area (Å²) in [7, 11) is 0. The second-order valence-corrected chi connectivity index (χ2v) is 9.02. The van der Waals surface area contributed by atoms with Crippen LogP contribution in [0.4, 0.5) is 11.5 Å². The van der Waals surface area contributed by atoms with Gasteiger partial charge in [-0.3, -0.25) is 4.79 Å². The number of carbonyl (C=O) groups excluding carboxylic acids is 1. The van der Waals surface area contributed by atoms with E-state index in [0.29, 0.717) is 53.1 Å². The number of fused-ring (bicyclic) bond motifs is 1. The Kier molecular flexibility index (Phi) is 4.91. The molecule has 1 amide bonds. The standard InChI is InChI=1S/C20H22Cl2N8O/c21-13-3-4-14(29-6-5-20(24,8-29)19(31)28-11-1-2-11)12(15(13)22)7-30-10-27-16-17(23)25-9-26-18(16)30/h3-4,9-11H,1-2,5-8,24H2,(H,28,31)(H2,23,25,26)/t20-/m1/s1. The van der Waals surface area contributed by atoms with Gasteiger partial charge in [-0.1, -0.05) is 23.2 Å². The zero-order valence-electron chi connectivity index (χ0n) is 16.7. The van der Waals surface area contributed by atoms with Crippen LogP contribution in [0.25, 0.3) is 11.2 Å². The van der Waals surface area contributed by atoms with Gasteiger partial charge < -0.3 is 26.3 Å².